The Hall–Kier alpha value is -2.55. The van der Waals surface area contributed by atoms with Crippen LogP contribution in [0.2, 0.25) is 0 Å². The number of esters is 1. The number of likely N-dealkylation sites (N-methyl/N-ethyl adjacent to an activating group) is 1. The lowest BCUT2D eigenvalue weighted by Gasteiger charge is -2.30. The minimum absolute atomic E-state index is 0.0335. The van der Waals surface area contributed by atoms with Crippen molar-refractivity contribution in [1.82, 2.24) is 5.32 Å². The summed E-state index contributed by atoms with van der Waals surface area (Å²) < 4.78 is 30.3. The van der Waals surface area contributed by atoms with Gasteiger partial charge in [-0.05, 0) is 96.0 Å². The number of nitrogens with zero attached hydrogens (tertiary/aromatic N) is 1. The van der Waals surface area contributed by atoms with Crippen LogP contribution in [0.5, 0.6) is 0 Å². The number of ether oxygens (including phenoxy) is 1. The minimum atomic E-state index is -4.72. The Morgan fingerprint density at radius 2 is 0.775 bits per heavy atom. The fourth-order valence-corrected chi connectivity index (χ4v) is 10.4. The number of carbonyl (C=O) groups is 2. The van der Waals surface area contributed by atoms with Gasteiger partial charge in [-0.3, -0.25) is 14.2 Å². The van der Waals surface area contributed by atoms with Crippen molar-refractivity contribution >= 4 is 19.7 Å². The highest BCUT2D eigenvalue weighted by molar-refractivity contribution is 7.45. The summed E-state index contributed by atoms with van der Waals surface area (Å²) in [6.07, 6.45) is 77.5. The van der Waals surface area contributed by atoms with Crippen LogP contribution in [-0.4, -0.2) is 69.4 Å². The molecule has 1 amide bonds. The third-order valence-electron chi connectivity index (χ3n) is 14.9. The molecule has 3 unspecified atom stereocenters. The summed E-state index contributed by atoms with van der Waals surface area (Å²) in [6.45, 7) is 6.79. The normalized spacial score (nSPS) is 14.0. The number of rotatable bonds is 61. The van der Waals surface area contributed by atoms with Gasteiger partial charge in [0.25, 0.3) is 7.82 Å². The van der Waals surface area contributed by atoms with Gasteiger partial charge in [0.1, 0.15) is 19.3 Å². The zero-order chi connectivity index (χ0) is 58.6. The summed E-state index contributed by atoms with van der Waals surface area (Å²) >= 11 is 0. The van der Waals surface area contributed by atoms with E-state index in [1.165, 1.54) is 205 Å². The number of hydrogen-bond acceptors (Lipinski definition) is 7. The maximum Gasteiger partial charge on any atom is 0.306 e. The van der Waals surface area contributed by atoms with E-state index in [1.807, 2.05) is 33.3 Å². The van der Waals surface area contributed by atoms with Gasteiger partial charge in [-0.2, -0.15) is 0 Å². The van der Waals surface area contributed by atoms with E-state index in [-0.39, 0.29) is 31.3 Å². The Morgan fingerprint density at radius 3 is 1.20 bits per heavy atom. The topological polar surface area (TPSA) is 114 Å². The molecule has 0 spiro atoms. The van der Waals surface area contributed by atoms with Crippen LogP contribution in [-0.2, 0) is 27.9 Å². The standard InChI is InChI=1S/C70H129N2O7P/c1-7-10-13-16-19-22-25-28-30-32-33-34-35-36-37-38-39-41-43-45-48-51-54-57-60-63-70(74)79-68(61-58-55-52-49-46-27-24-21-18-15-12-9-3)67(66-78-80(75,76)77-65-64-72(4,5)6)71-69(73)62-59-56-53-50-47-44-42-40-31-29-26-23-20-17-14-11-8-2/h20,23,28-31,42,44,50,53,58,61,67-68H,7-19,21-22,24-27,32-41,43,45-49,51-52,54-57,59-60,62-66H2,1-6H3,(H-,71,73,75,76)/b23-20-,30-28+,31-29-,44-42-,53-50-,61-58-. The molecule has 10 heteroatoms. The SMILES string of the molecule is CCCCC/C=C\C/C=C\C/C=C\C/C=C\CCCC(=O)NC(COP(=O)([O-])OCC[N+](C)(C)C)C(/C=C\CCCCCCCCCCCC)OC(=O)CCCCCCCCCCCCCCCCC/C=C/CCCCCCCC. The Kier molecular flexibility index (Phi) is 57.7. The van der Waals surface area contributed by atoms with E-state index in [1.54, 1.807) is 0 Å². The average molecular weight is 1140 g/mol. The molecule has 3 atom stereocenters. The van der Waals surface area contributed by atoms with Gasteiger partial charge in [0.05, 0.1) is 33.8 Å². The van der Waals surface area contributed by atoms with Crippen molar-refractivity contribution in [2.24, 2.45) is 0 Å². The first-order chi connectivity index (χ1) is 38.9. The third-order valence-corrected chi connectivity index (χ3v) is 15.8. The molecular weight excluding hydrogens is 1010 g/mol. The first kappa shape index (κ1) is 77.5. The molecule has 0 aliphatic carbocycles. The second kappa shape index (κ2) is 59.6. The van der Waals surface area contributed by atoms with Gasteiger partial charge in [-0.25, -0.2) is 0 Å². The van der Waals surface area contributed by atoms with Crippen molar-refractivity contribution in [3.8, 4) is 0 Å². The predicted molar refractivity (Wildman–Crippen MR) is 344 cm³/mol. The van der Waals surface area contributed by atoms with Gasteiger partial charge in [0.2, 0.25) is 5.91 Å². The number of carbonyl (C=O) groups excluding carboxylic acids is 2. The molecule has 80 heavy (non-hydrogen) atoms. The van der Waals surface area contributed by atoms with Gasteiger partial charge >= 0.3 is 5.97 Å². The molecule has 0 heterocycles. The molecule has 9 nitrogen and oxygen atoms in total. The molecule has 0 aromatic carbocycles. The second-order valence-electron chi connectivity index (χ2n) is 24.0. The number of hydrogen-bond donors (Lipinski definition) is 1. The average Bonchev–Trinajstić information content (AvgIpc) is 3.42. The summed E-state index contributed by atoms with van der Waals surface area (Å²) in [6, 6.07) is -0.918. The van der Waals surface area contributed by atoms with Crippen LogP contribution in [0.3, 0.4) is 0 Å². The Balaban J connectivity index is 5.15. The smallest absolute Gasteiger partial charge is 0.306 e. The van der Waals surface area contributed by atoms with E-state index < -0.39 is 26.6 Å². The van der Waals surface area contributed by atoms with Crippen molar-refractivity contribution in [3.05, 3.63) is 72.9 Å². The zero-order valence-electron chi connectivity index (χ0n) is 53.3. The molecule has 0 aromatic rings. The third kappa shape index (κ3) is 60.1. The molecule has 1 N–H and O–H groups in total. The summed E-state index contributed by atoms with van der Waals surface area (Å²) in [4.78, 5) is 40.0. The highest BCUT2D eigenvalue weighted by Crippen LogP contribution is 2.38. The van der Waals surface area contributed by atoms with Crippen LogP contribution in [0.25, 0.3) is 0 Å². The van der Waals surface area contributed by atoms with Crippen LogP contribution in [0, 0.1) is 0 Å². The maximum atomic E-state index is 13.5. The van der Waals surface area contributed by atoms with Gasteiger partial charge < -0.3 is 28.5 Å². The quantitative estimate of drug-likeness (QED) is 0.0212. The second-order valence-corrected chi connectivity index (χ2v) is 25.4. The largest absolute Gasteiger partial charge is 0.756 e. The highest BCUT2D eigenvalue weighted by Gasteiger charge is 2.27. The van der Waals surface area contributed by atoms with E-state index in [9.17, 15) is 19.0 Å². The van der Waals surface area contributed by atoms with Crippen LogP contribution >= 0.6 is 7.82 Å². The number of quaternary nitrogens is 1. The Labute approximate surface area is 495 Å². The number of allylic oxidation sites excluding steroid dienone is 11. The molecule has 0 fully saturated rings. The molecule has 0 aliphatic heterocycles. The number of nitrogens with one attached hydrogen (secondary N) is 1. The molecule has 0 rings (SSSR count). The summed E-state index contributed by atoms with van der Waals surface area (Å²) in [5.74, 6) is -0.599. The first-order valence-corrected chi connectivity index (χ1v) is 35.2. The monoisotopic (exact) mass is 1140 g/mol. The molecule has 0 radical (unpaired) electrons. The molecule has 466 valence electrons. The molecule has 0 saturated carbocycles. The van der Waals surface area contributed by atoms with E-state index in [4.69, 9.17) is 13.8 Å². The van der Waals surface area contributed by atoms with E-state index in [2.05, 4.69) is 86.8 Å². The number of amides is 1. The van der Waals surface area contributed by atoms with E-state index >= 15 is 0 Å². The number of phosphoric acid groups is 1. The molecular formula is C70H129N2O7P. The fourth-order valence-electron chi connectivity index (χ4n) is 9.63. The van der Waals surface area contributed by atoms with Crippen molar-refractivity contribution in [2.45, 2.75) is 322 Å². The fraction of sp³-hybridized carbons (Fsp3) is 0.800. The van der Waals surface area contributed by atoms with Crippen LogP contribution in [0.15, 0.2) is 72.9 Å². The maximum absolute atomic E-state index is 13.5. The Bertz CT molecular complexity index is 1600. The van der Waals surface area contributed by atoms with Crippen molar-refractivity contribution in [2.75, 3.05) is 40.9 Å². The molecule has 0 aromatic heterocycles. The van der Waals surface area contributed by atoms with Crippen molar-refractivity contribution in [3.63, 3.8) is 0 Å². The number of phosphoric ester groups is 1. The molecule has 0 aliphatic rings. The molecule has 0 bridgehead atoms. The predicted octanol–water partition coefficient (Wildman–Crippen LogP) is 20.5. The lowest BCUT2D eigenvalue weighted by molar-refractivity contribution is -0.870. The van der Waals surface area contributed by atoms with Gasteiger partial charge in [-0.15, -0.1) is 0 Å². The van der Waals surface area contributed by atoms with Crippen LogP contribution < -0.4 is 10.2 Å². The van der Waals surface area contributed by atoms with Crippen LogP contribution in [0.1, 0.15) is 310 Å². The highest BCUT2D eigenvalue weighted by atomic mass is 31.2. The van der Waals surface area contributed by atoms with Gasteiger partial charge in [-0.1, -0.05) is 274 Å². The lowest BCUT2D eigenvalue weighted by Crippen LogP contribution is -2.47. The van der Waals surface area contributed by atoms with Crippen molar-refractivity contribution < 1.29 is 37.3 Å². The van der Waals surface area contributed by atoms with Gasteiger partial charge in [0.15, 0.2) is 0 Å². The van der Waals surface area contributed by atoms with E-state index in [0.29, 0.717) is 17.4 Å². The number of unbranched alkanes of at least 4 members (excludes halogenated alkanes) is 35. The summed E-state index contributed by atoms with van der Waals surface area (Å²) in [5.41, 5.74) is 0. The van der Waals surface area contributed by atoms with Gasteiger partial charge in [0, 0.05) is 12.8 Å². The zero-order valence-corrected chi connectivity index (χ0v) is 54.2. The minimum Gasteiger partial charge on any atom is -0.756 e. The van der Waals surface area contributed by atoms with E-state index in [0.717, 1.165) is 64.2 Å². The first-order valence-electron chi connectivity index (χ1n) is 33.7. The molecule has 0 saturated heterocycles. The van der Waals surface area contributed by atoms with Crippen LogP contribution in [0.4, 0.5) is 0 Å². The summed E-state index contributed by atoms with van der Waals surface area (Å²) in [5, 5.41) is 3.00. The summed E-state index contributed by atoms with van der Waals surface area (Å²) in [7, 11) is 1.15. The lowest BCUT2D eigenvalue weighted by atomic mass is 10.0. The Morgan fingerprint density at radius 1 is 0.438 bits per heavy atom. The van der Waals surface area contributed by atoms with Crippen molar-refractivity contribution in [1.29, 1.82) is 0 Å².